The number of aliphatic hydroxyl groups excluding tert-OH is 1. The Morgan fingerprint density at radius 1 is 1.22 bits per heavy atom. The van der Waals surface area contributed by atoms with Gasteiger partial charge in [0.05, 0.1) is 17.7 Å². The number of nitrogens with zero attached hydrogens (tertiary/aromatic N) is 3. The van der Waals surface area contributed by atoms with Gasteiger partial charge in [0.15, 0.2) is 5.82 Å². The van der Waals surface area contributed by atoms with Gasteiger partial charge in [-0.1, -0.05) is 35.9 Å². The van der Waals surface area contributed by atoms with Gasteiger partial charge >= 0.3 is 0 Å². The van der Waals surface area contributed by atoms with E-state index in [1.807, 2.05) is 29.2 Å². The molecule has 0 spiro atoms. The molecule has 1 aliphatic rings. The summed E-state index contributed by atoms with van der Waals surface area (Å²) >= 11 is 7.77. The second-order valence-electron chi connectivity index (χ2n) is 7.77. The van der Waals surface area contributed by atoms with Crippen molar-refractivity contribution in [1.29, 1.82) is 0 Å². The van der Waals surface area contributed by atoms with Crippen molar-refractivity contribution in [3.05, 3.63) is 53.3 Å². The van der Waals surface area contributed by atoms with E-state index in [1.54, 1.807) is 17.0 Å². The quantitative estimate of drug-likeness (QED) is 0.435. The highest BCUT2D eigenvalue weighted by Crippen LogP contribution is 2.43. The number of amides is 1. The third-order valence-electron chi connectivity index (χ3n) is 5.92. The third kappa shape index (κ3) is 3.35. The maximum Gasteiger partial charge on any atom is 0.210 e. The molecule has 6 nitrogen and oxygen atoms in total. The minimum Gasteiger partial charge on any atom is -0.508 e. The van der Waals surface area contributed by atoms with Crippen LogP contribution in [0.1, 0.15) is 0 Å². The van der Waals surface area contributed by atoms with E-state index in [2.05, 4.69) is 4.37 Å². The Labute approximate surface area is 192 Å². The summed E-state index contributed by atoms with van der Waals surface area (Å²) in [6.45, 7) is 1.27. The fourth-order valence-corrected chi connectivity index (χ4v) is 5.52. The molecular weight excluding hydrogens is 453 g/mol. The van der Waals surface area contributed by atoms with E-state index in [9.17, 15) is 15.0 Å². The number of aromatic hydroxyl groups is 1. The number of aliphatic hydroxyl groups is 1. The van der Waals surface area contributed by atoms with Crippen LogP contribution in [0.3, 0.4) is 0 Å². The molecule has 9 heteroatoms. The molecule has 164 valence electrons. The molecule has 5 rings (SSSR count). The summed E-state index contributed by atoms with van der Waals surface area (Å²) in [7, 11) is 0. The second-order valence-corrected chi connectivity index (χ2v) is 8.93. The summed E-state index contributed by atoms with van der Waals surface area (Å²) in [5.74, 6) is -0.521. The normalized spacial score (nSPS) is 16.8. The van der Waals surface area contributed by atoms with Gasteiger partial charge < -0.3 is 20.0 Å². The lowest BCUT2D eigenvalue weighted by atomic mass is 9.96. The first kappa shape index (κ1) is 20.9. The van der Waals surface area contributed by atoms with Crippen molar-refractivity contribution in [1.82, 2.24) is 9.27 Å². The van der Waals surface area contributed by atoms with Crippen molar-refractivity contribution in [3.63, 3.8) is 0 Å². The number of halogens is 2. The van der Waals surface area contributed by atoms with E-state index in [0.29, 0.717) is 30.6 Å². The zero-order valence-corrected chi connectivity index (χ0v) is 18.4. The zero-order chi connectivity index (χ0) is 22.4. The Hall–Kier alpha value is -2.94. The number of fused-ring (bicyclic) bond motifs is 2. The number of piperazine rings is 1. The monoisotopic (exact) mass is 471 g/mol. The number of anilines is 1. The summed E-state index contributed by atoms with van der Waals surface area (Å²) < 4.78 is 20.2. The molecule has 1 fully saturated rings. The highest BCUT2D eigenvalue weighted by molar-refractivity contribution is 7.11. The molecule has 1 aliphatic heterocycles. The Bertz CT molecular complexity index is 1350. The van der Waals surface area contributed by atoms with Crippen LogP contribution in [0.4, 0.5) is 9.39 Å². The van der Waals surface area contributed by atoms with E-state index < -0.39 is 5.82 Å². The first-order valence-corrected chi connectivity index (χ1v) is 11.2. The number of hydrogen-bond acceptors (Lipinski definition) is 6. The first-order chi connectivity index (χ1) is 15.5. The molecule has 4 aromatic rings. The van der Waals surface area contributed by atoms with Crippen molar-refractivity contribution in [3.8, 4) is 16.9 Å². The Kier molecular flexibility index (Phi) is 5.36. The van der Waals surface area contributed by atoms with Gasteiger partial charge in [-0.3, -0.25) is 4.79 Å². The van der Waals surface area contributed by atoms with Gasteiger partial charge in [0.25, 0.3) is 0 Å². The van der Waals surface area contributed by atoms with Crippen LogP contribution >= 0.6 is 23.1 Å². The highest BCUT2D eigenvalue weighted by atomic mass is 35.5. The lowest BCUT2D eigenvalue weighted by Crippen LogP contribution is -2.54. The Balaban J connectivity index is 1.63. The van der Waals surface area contributed by atoms with Gasteiger partial charge in [0, 0.05) is 30.6 Å². The number of carbonyl (C=O) groups is 1. The van der Waals surface area contributed by atoms with Crippen LogP contribution in [-0.2, 0) is 4.79 Å². The van der Waals surface area contributed by atoms with Gasteiger partial charge in [-0.2, -0.15) is 4.37 Å². The van der Waals surface area contributed by atoms with Gasteiger partial charge in [0.2, 0.25) is 6.41 Å². The largest absolute Gasteiger partial charge is 0.508 e. The number of carbonyl (C=O) groups excluding carboxylic acids is 1. The van der Waals surface area contributed by atoms with Crippen LogP contribution < -0.4 is 4.90 Å². The third-order valence-corrected chi connectivity index (χ3v) is 7.15. The zero-order valence-electron chi connectivity index (χ0n) is 16.8. The second kappa shape index (κ2) is 8.20. The minimum atomic E-state index is -0.545. The molecule has 0 aliphatic carbocycles. The average molecular weight is 472 g/mol. The van der Waals surface area contributed by atoms with Gasteiger partial charge in [0.1, 0.15) is 16.3 Å². The fraction of sp³-hybridized carbons (Fsp3) is 0.217. The predicted molar refractivity (Wildman–Crippen MR) is 125 cm³/mol. The highest BCUT2D eigenvalue weighted by Gasteiger charge is 2.29. The van der Waals surface area contributed by atoms with Crippen molar-refractivity contribution in [2.75, 3.05) is 31.1 Å². The van der Waals surface area contributed by atoms with Crippen LogP contribution in [0.5, 0.6) is 5.75 Å². The molecule has 1 unspecified atom stereocenters. The maximum absolute atomic E-state index is 15.8. The summed E-state index contributed by atoms with van der Waals surface area (Å²) in [6.07, 6.45) is 0.741. The molecule has 2 heterocycles. The number of phenols is 1. The smallest absolute Gasteiger partial charge is 0.210 e. The van der Waals surface area contributed by atoms with Crippen LogP contribution in [0.25, 0.3) is 32.8 Å². The average Bonchev–Trinajstić information content (AvgIpc) is 3.22. The summed E-state index contributed by atoms with van der Waals surface area (Å²) in [5.41, 5.74) is 0.900. The summed E-state index contributed by atoms with van der Waals surface area (Å²) in [4.78, 5) is 14.8. The molecule has 2 N–H and O–H groups in total. The van der Waals surface area contributed by atoms with Gasteiger partial charge in [-0.05, 0) is 46.1 Å². The maximum atomic E-state index is 15.8. The van der Waals surface area contributed by atoms with E-state index in [4.69, 9.17) is 11.6 Å². The molecular formula is C23H19ClFN3O3S. The predicted octanol–water partition coefficient (Wildman–Crippen LogP) is 4.25. The number of aromatic nitrogens is 1. The van der Waals surface area contributed by atoms with E-state index in [0.717, 1.165) is 33.7 Å². The lowest BCUT2D eigenvalue weighted by molar-refractivity contribution is -0.121. The molecule has 0 saturated carbocycles. The minimum absolute atomic E-state index is 0.0244. The molecule has 1 amide bonds. The number of hydrogen-bond donors (Lipinski definition) is 2. The van der Waals surface area contributed by atoms with E-state index in [-0.39, 0.29) is 34.5 Å². The standard InChI is InChI=1S/C23H19ClFN3O3S/c24-19-9-18-22(26-32-23(18)27-5-6-28(12-30)14(10-27)11-29)21(25)20(19)17-8-15(31)7-13-3-1-2-4-16(13)17/h1-4,7-9,12,14,29,31H,5-6,10-11H2. The molecule has 32 heavy (non-hydrogen) atoms. The number of rotatable bonds is 4. The van der Waals surface area contributed by atoms with Gasteiger partial charge in [-0.15, -0.1) is 0 Å². The van der Waals surface area contributed by atoms with Crippen LogP contribution in [0.2, 0.25) is 5.02 Å². The topological polar surface area (TPSA) is 76.9 Å². The van der Waals surface area contributed by atoms with Crippen molar-refractivity contribution < 1.29 is 19.4 Å². The van der Waals surface area contributed by atoms with Gasteiger partial charge in [-0.25, -0.2) is 4.39 Å². The first-order valence-electron chi connectivity index (χ1n) is 10.1. The Morgan fingerprint density at radius 2 is 2.03 bits per heavy atom. The van der Waals surface area contributed by atoms with E-state index in [1.165, 1.54) is 6.07 Å². The van der Waals surface area contributed by atoms with Crippen molar-refractivity contribution in [2.24, 2.45) is 0 Å². The van der Waals surface area contributed by atoms with Crippen LogP contribution in [-0.4, -0.2) is 58.2 Å². The lowest BCUT2D eigenvalue weighted by Gasteiger charge is -2.39. The number of phenolic OH excluding ortho intramolecular Hbond substituents is 1. The molecule has 1 aromatic heterocycles. The van der Waals surface area contributed by atoms with E-state index >= 15 is 4.39 Å². The molecule has 3 aromatic carbocycles. The molecule has 1 atom stereocenters. The SMILES string of the molecule is O=CN1CCN(c2snc3c(F)c(-c4cc(O)cc5ccccc45)c(Cl)cc23)CC1CO. The van der Waals surface area contributed by atoms with Crippen LogP contribution in [0.15, 0.2) is 42.5 Å². The van der Waals surface area contributed by atoms with Crippen molar-refractivity contribution >= 4 is 56.2 Å². The van der Waals surface area contributed by atoms with Crippen LogP contribution in [0, 0.1) is 5.82 Å². The fourth-order valence-electron chi connectivity index (χ4n) is 4.33. The molecule has 0 radical (unpaired) electrons. The summed E-state index contributed by atoms with van der Waals surface area (Å²) in [6, 6.07) is 11.9. The Morgan fingerprint density at radius 3 is 2.81 bits per heavy atom. The summed E-state index contributed by atoms with van der Waals surface area (Å²) in [5, 5.41) is 22.9. The number of benzene rings is 3. The van der Waals surface area contributed by atoms with Crippen molar-refractivity contribution in [2.45, 2.75) is 6.04 Å². The molecule has 0 bridgehead atoms. The molecule has 1 saturated heterocycles.